The molecule has 2 aliphatic heterocycles. The summed E-state index contributed by atoms with van der Waals surface area (Å²) < 4.78 is 19.2. The van der Waals surface area contributed by atoms with E-state index in [-0.39, 0.29) is 18.4 Å². The first-order valence-electron chi connectivity index (χ1n) is 8.89. The smallest absolute Gasteiger partial charge is 0.254 e. The van der Waals surface area contributed by atoms with Crippen molar-refractivity contribution in [2.75, 3.05) is 32.1 Å². The highest BCUT2D eigenvalue weighted by Crippen LogP contribution is 2.48. The Balaban J connectivity index is 1.68. The fourth-order valence-corrected chi connectivity index (χ4v) is 4.15. The van der Waals surface area contributed by atoms with Crippen LogP contribution in [0.15, 0.2) is 36.4 Å². The van der Waals surface area contributed by atoms with Crippen molar-refractivity contribution >= 4 is 17.5 Å². The van der Waals surface area contributed by atoms with Crippen LogP contribution in [-0.4, -0.2) is 44.0 Å². The van der Waals surface area contributed by atoms with Crippen LogP contribution in [0.5, 0.6) is 5.75 Å². The van der Waals surface area contributed by atoms with Crippen molar-refractivity contribution in [2.45, 2.75) is 18.8 Å². The van der Waals surface area contributed by atoms with E-state index in [9.17, 15) is 14.0 Å². The van der Waals surface area contributed by atoms with E-state index in [2.05, 4.69) is 0 Å². The molecule has 2 amide bonds. The molecule has 0 radical (unpaired) electrons. The molecule has 0 N–H and O–H groups in total. The molecule has 6 heteroatoms. The first-order chi connectivity index (χ1) is 12.9. The van der Waals surface area contributed by atoms with Gasteiger partial charge in [-0.1, -0.05) is 6.07 Å². The normalized spacial score (nSPS) is 21.1. The number of benzene rings is 2. The molecule has 4 rings (SSSR count). The van der Waals surface area contributed by atoms with Gasteiger partial charge in [-0.25, -0.2) is 4.39 Å². The van der Waals surface area contributed by atoms with Crippen LogP contribution in [0, 0.1) is 12.7 Å². The molecule has 2 aromatic rings. The maximum Gasteiger partial charge on any atom is 0.254 e. The average Bonchev–Trinajstić information content (AvgIpc) is 3.21. The van der Waals surface area contributed by atoms with E-state index in [1.165, 1.54) is 6.07 Å². The minimum Gasteiger partial charge on any atom is -0.497 e. The van der Waals surface area contributed by atoms with Crippen molar-refractivity contribution in [3.63, 3.8) is 0 Å². The van der Waals surface area contributed by atoms with E-state index < -0.39 is 11.2 Å². The number of likely N-dealkylation sites (tertiary alicyclic amines) is 1. The Morgan fingerprint density at radius 1 is 1.22 bits per heavy atom. The summed E-state index contributed by atoms with van der Waals surface area (Å²) in [5, 5.41) is 0. The topological polar surface area (TPSA) is 49.9 Å². The van der Waals surface area contributed by atoms with Crippen LogP contribution in [0.1, 0.15) is 27.9 Å². The second-order valence-electron chi connectivity index (χ2n) is 7.27. The van der Waals surface area contributed by atoms with Crippen molar-refractivity contribution in [1.29, 1.82) is 0 Å². The van der Waals surface area contributed by atoms with Gasteiger partial charge in [0.2, 0.25) is 5.91 Å². The predicted octanol–water partition coefficient (Wildman–Crippen LogP) is 2.90. The lowest BCUT2D eigenvalue weighted by Crippen LogP contribution is -2.42. The van der Waals surface area contributed by atoms with Crippen LogP contribution in [-0.2, 0) is 10.2 Å². The number of halogens is 1. The van der Waals surface area contributed by atoms with Gasteiger partial charge in [-0.2, -0.15) is 0 Å². The lowest BCUT2D eigenvalue weighted by Gasteiger charge is -2.23. The van der Waals surface area contributed by atoms with Gasteiger partial charge < -0.3 is 14.5 Å². The van der Waals surface area contributed by atoms with Crippen molar-refractivity contribution in [1.82, 2.24) is 4.90 Å². The fourth-order valence-electron chi connectivity index (χ4n) is 4.15. The lowest BCUT2D eigenvalue weighted by atomic mass is 9.81. The van der Waals surface area contributed by atoms with Gasteiger partial charge in [0.05, 0.1) is 12.5 Å². The molecule has 1 saturated heterocycles. The molecule has 27 heavy (non-hydrogen) atoms. The third-order valence-electron chi connectivity index (χ3n) is 5.77. The van der Waals surface area contributed by atoms with Crippen LogP contribution in [0.4, 0.5) is 10.1 Å². The number of fused-ring (bicyclic) bond motifs is 2. The highest BCUT2D eigenvalue weighted by Gasteiger charge is 2.54. The summed E-state index contributed by atoms with van der Waals surface area (Å²) in [6.07, 6.45) is 0.538. The Morgan fingerprint density at radius 3 is 2.70 bits per heavy atom. The highest BCUT2D eigenvalue weighted by atomic mass is 19.1. The van der Waals surface area contributed by atoms with Gasteiger partial charge in [-0.3, -0.25) is 9.59 Å². The second kappa shape index (κ2) is 6.08. The number of carbonyl (C=O) groups is 2. The van der Waals surface area contributed by atoms with E-state index in [1.54, 1.807) is 43.0 Å². The van der Waals surface area contributed by atoms with E-state index in [0.29, 0.717) is 29.8 Å². The Labute approximate surface area is 157 Å². The average molecular weight is 368 g/mol. The summed E-state index contributed by atoms with van der Waals surface area (Å²) in [4.78, 5) is 29.3. The van der Waals surface area contributed by atoms with Gasteiger partial charge >= 0.3 is 0 Å². The number of nitrogens with zero attached hydrogens (tertiary/aromatic N) is 2. The van der Waals surface area contributed by atoms with Crippen LogP contribution >= 0.6 is 0 Å². The van der Waals surface area contributed by atoms with Gasteiger partial charge in [0.1, 0.15) is 11.6 Å². The predicted molar refractivity (Wildman–Crippen MR) is 99.7 cm³/mol. The Bertz CT molecular complexity index is 958. The molecular formula is C21H21FN2O3. The number of ether oxygens (including phenoxy) is 1. The van der Waals surface area contributed by atoms with Crippen molar-refractivity contribution in [3.8, 4) is 5.75 Å². The molecule has 0 unspecified atom stereocenters. The number of anilines is 1. The Hall–Kier alpha value is -2.89. The number of carbonyl (C=O) groups excluding carboxylic acids is 2. The minimum absolute atomic E-state index is 0.0175. The lowest BCUT2D eigenvalue weighted by molar-refractivity contribution is -0.122. The van der Waals surface area contributed by atoms with E-state index in [4.69, 9.17) is 4.74 Å². The standard InChI is InChI=1S/C21H21FN2O3/c1-13-4-5-14(10-17(13)22)19(25)24-9-8-21(12-24)16-11-15(27-3)6-7-18(16)23(2)20(21)26/h4-7,10-11H,8-9,12H2,1-3H3/t21-/m1/s1. The van der Waals surface area contributed by atoms with Crippen LogP contribution in [0.25, 0.3) is 0 Å². The molecule has 0 aliphatic carbocycles. The number of methoxy groups -OCH3 is 1. The molecule has 0 aromatic heterocycles. The minimum atomic E-state index is -0.766. The number of hydrogen-bond acceptors (Lipinski definition) is 3. The van der Waals surface area contributed by atoms with Crippen LogP contribution in [0.2, 0.25) is 0 Å². The van der Waals surface area contributed by atoms with Crippen LogP contribution in [0.3, 0.4) is 0 Å². The molecule has 1 spiro atoms. The molecule has 1 fully saturated rings. The first-order valence-corrected chi connectivity index (χ1v) is 8.89. The molecule has 2 heterocycles. The van der Waals surface area contributed by atoms with Gasteiger partial charge in [0.15, 0.2) is 0 Å². The molecule has 0 bridgehead atoms. The van der Waals surface area contributed by atoms with Crippen molar-refractivity contribution in [2.24, 2.45) is 0 Å². The molecule has 0 saturated carbocycles. The maximum absolute atomic E-state index is 13.9. The third kappa shape index (κ3) is 2.51. The largest absolute Gasteiger partial charge is 0.497 e. The van der Waals surface area contributed by atoms with Gasteiger partial charge in [0.25, 0.3) is 5.91 Å². The van der Waals surface area contributed by atoms with Crippen LogP contribution < -0.4 is 9.64 Å². The quantitative estimate of drug-likeness (QED) is 0.819. The zero-order valence-electron chi connectivity index (χ0n) is 15.6. The fraction of sp³-hybridized carbons (Fsp3) is 0.333. The Morgan fingerprint density at radius 2 is 2.00 bits per heavy atom. The van der Waals surface area contributed by atoms with Crippen molar-refractivity contribution < 1.29 is 18.7 Å². The Kier molecular flexibility index (Phi) is 3.94. The summed E-state index contributed by atoms with van der Waals surface area (Å²) in [7, 11) is 3.34. The third-order valence-corrected chi connectivity index (χ3v) is 5.77. The number of amides is 2. The molecular weight excluding hydrogens is 347 g/mol. The molecule has 140 valence electrons. The molecule has 2 aliphatic rings. The summed E-state index contributed by atoms with van der Waals surface area (Å²) in [5.74, 6) is 0.0110. The number of rotatable bonds is 2. The molecule has 5 nitrogen and oxygen atoms in total. The zero-order chi connectivity index (χ0) is 19.3. The monoisotopic (exact) mass is 368 g/mol. The summed E-state index contributed by atoms with van der Waals surface area (Å²) in [5.41, 5.74) is 1.77. The number of likely N-dealkylation sites (N-methyl/N-ethyl adjacent to an activating group) is 1. The second-order valence-corrected chi connectivity index (χ2v) is 7.27. The molecule has 1 atom stereocenters. The van der Waals surface area contributed by atoms with Gasteiger partial charge in [0, 0.05) is 31.4 Å². The first kappa shape index (κ1) is 17.5. The zero-order valence-corrected chi connectivity index (χ0v) is 15.6. The maximum atomic E-state index is 13.9. The van der Waals surface area contributed by atoms with E-state index in [0.717, 1.165) is 11.3 Å². The SMILES string of the molecule is COc1ccc2c(c1)[C@]1(CCN(C(=O)c3ccc(C)c(F)c3)C1)C(=O)N2C. The number of hydrogen-bond donors (Lipinski definition) is 0. The molecule has 2 aromatic carbocycles. The summed E-state index contributed by atoms with van der Waals surface area (Å²) >= 11 is 0. The van der Waals surface area contributed by atoms with Gasteiger partial charge in [-0.15, -0.1) is 0 Å². The van der Waals surface area contributed by atoms with Crippen molar-refractivity contribution in [3.05, 3.63) is 58.9 Å². The summed E-state index contributed by atoms with van der Waals surface area (Å²) in [6, 6.07) is 10.1. The van der Waals surface area contributed by atoms with Gasteiger partial charge in [-0.05, 0) is 54.8 Å². The summed E-state index contributed by atoms with van der Waals surface area (Å²) in [6.45, 7) is 2.39. The highest BCUT2D eigenvalue weighted by molar-refractivity contribution is 6.09. The van der Waals surface area contributed by atoms with E-state index >= 15 is 0 Å². The van der Waals surface area contributed by atoms with E-state index in [1.807, 2.05) is 18.2 Å². The number of aryl methyl sites for hydroxylation is 1.